The maximum atomic E-state index is 3.85. The molecule has 9 heavy (non-hydrogen) atoms. The van der Waals surface area contributed by atoms with E-state index in [1.165, 1.54) is 0 Å². The molecule has 0 aromatic carbocycles. The van der Waals surface area contributed by atoms with Crippen LogP contribution in [0.1, 0.15) is 6.42 Å². The van der Waals surface area contributed by atoms with Crippen molar-refractivity contribution < 1.29 is 0 Å². The SMILES string of the molecule is [CH2]CC(N(C)C)N(C)C. The predicted molar refractivity (Wildman–Crippen MR) is 41.1 cm³/mol. The van der Waals surface area contributed by atoms with Crippen molar-refractivity contribution in [1.82, 2.24) is 9.80 Å². The molecule has 0 bridgehead atoms. The van der Waals surface area contributed by atoms with E-state index in [-0.39, 0.29) is 0 Å². The average molecular weight is 129 g/mol. The summed E-state index contributed by atoms with van der Waals surface area (Å²) in [5.74, 6) is 0. The van der Waals surface area contributed by atoms with Crippen molar-refractivity contribution >= 4 is 0 Å². The van der Waals surface area contributed by atoms with Crippen molar-refractivity contribution in [3.8, 4) is 0 Å². The summed E-state index contributed by atoms with van der Waals surface area (Å²) in [6.45, 7) is 3.85. The van der Waals surface area contributed by atoms with Gasteiger partial charge in [-0.05, 0) is 34.6 Å². The highest BCUT2D eigenvalue weighted by atomic mass is 15.3. The summed E-state index contributed by atoms with van der Waals surface area (Å²) in [5.41, 5.74) is 0. The fourth-order valence-corrected chi connectivity index (χ4v) is 0.978. The zero-order valence-electron chi connectivity index (χ0n) is 6.89. The molecule has 0 aliphatic heterocycles. The Kier molecular flexibility index (Phi) is 3.82. The van der Waals surface area contributed by atoms with E-state index in [0.29, 0.717) is 6.17 Å². The van der Waals surface area contributed by atoms with Crippen molar-refractivity contribution in [1.29, 1.82) is 0 Å². The van der Waals surface area contributed by atoms with Crippen molar-refractivity contribution in [2.24, 2.45) is 0 Å². The van der Waals surface area contributed by atoms with Crippen LogP contribution in [0, 0.1) is 6.92 Å². The molecule has 0 saturated heterocycles. The lowest BCUT2D eigenvalue weighted by Crippen LogP contribution is -2.39. The molecule has 0 atom stereocenters. The molecule has 0 saturated carbocycles. The van der Waals surface area contributed by atoms with Gasteiger partial charge >= 0.3 is 0 Å². The minimum atomic E-state index is 0.477. The molecule has 0 unspecified atom stereocenters. The van der Waals surface area contributed by atoms with Crippen molar-refractivity contribution in [2.75, 3.05) is 28.2 Å². The standard InChI is InChI=1S/C7H17N2/c1-6-7(8(2)3)9(4)5/h7H,1,6H2,2-5H3. The van der Waals surface area contributed by atoms with Gasteiger partial charge in [-0.15, -0.1) is 0 Å². The Morgan fingerprint density at radius 1 is 1.11 bits per heavy atom. The van der Waals surface area contributed by atoms with Gasteiger partial charge in [-0.1, -0.05) is 6.92 Å². The molecule has 0 N–H and O–H groups in total. The highest BCUT2D eigenvalue weighted by Gasteiger charge is 2.09. The Labute approximate surface area is 58.4 Å². The molecule has 0 fully saturated rings. The Morgan fingerprint density at radius 2 is 1.44 bits per heavy atom. The van der Waals surface area contributed by atoms with Crippen LogP contribution in [0.4, 0.5) is 0 Å². The lowest BCUT2D eigenvalue weighted by atomic mass is 10.3. The number of hydrogen-bond donors (Lipinski definition) is 0. The molecular weight excluding hydrogens is 112 g/mol. The lowest BCUT2D eigenvalue weighted by Gasteiger charge is -2.29. The van der Waals surface area contributed by atoms with E-state index in [0.717, 1.165) is 6.42 Å². The predicted octanol–water partition coefficient (Wildman–Crippen LogP) is 0.660. The Balaban J connectivity index is 3.68. The quantitative estimate of drug-likeness (QED) is 0.516. The summed E-state index contributed by atoms with van der Waals surface area (Å²) in [5, 5.41) is 0. The first-order chi connectivity index (χ1) is 4.09. The van der Waals surface area contributed by atoms with Crippen molar-refractivity contribution in [3.63, 3.8) is 0 Å². The van der Waals surface area contributed by atoms with E-state index in [2.05, 4.69) is 44.9 Å². The second kappa shape index (κ2) is 3.85. The first-order valence-electron chi connectivity index (χ1n) is 3.21. The van der Waals surface area contributed by atoms with E-state index in [1.54, 1.807) is 0 Å². The third-order valence-corrected chi connectivity index (χ3v) is 1.45. The molecule has 2 nitrogen and oxygen atoms in total. The van der Waals surface area contributed by atoms with Crippen LogP contribution in [0.3, 0.4) is 0 Å². The van der Waals surface area contributed by atoms with Crippen LogP contribution >= 0.6 is 0 Å². The van der Waals surface area contributed by atoms with Crippen LogP contribution < -0.4 is 0 Å². The third-order valence-electron chi connectivity index (χ3n) is 1.45. The second-order valence-corrected chi connectivity index (χ2v) is 2.70. The van der Waals surface area contributed by atoms with Gasteiger partial charge in [0.05, 0.1) is 6.17 Å². The molecule has 55 valence electrons. The monoisotopic (exact) mass is 129 g/mol. The molecular formula is C7H17N2. The maximum absolute atomic E-state index is 3.85. The summed E-state index contributed by atoms with van der Waals surface area (Å²) in [4.78, 5) is 4.32. The van der Waals surface area contributed by atoms with E-state index in [9.17, 15) is 0 Å². The molecule has 0 aromatic heterocycles. The van der Waals surface area contributed by atoms with Crippen LogP contribution in [0.25, 0.3) is 0 Å². The maximum Gasteiger partial charge on any atom is 0.0612 e. The largest absolute Gasteiger partial charge is 0.294 e. The molecule has 0 rings (SSSR count). The van der Waals surface area contributed by atoms with Crippen LogP contribution in [-0.2, 0) is 0 Å². The fourth-order valence-electron chi connectivity index (χ4n) is 0.978. The Hall–Kier alpha value is -0.0800. The summed E-state index contributed by atoms with van der Waals surface area (Å²) in [6.07, 6.45) is 1.41. The van der Waals surface area contributed by atoms with Gasteiger partial charge in [0.15, 0.2) is 0 Å². The highest BCUT2D eigenvalue weighted by molar-refractivity contribution is 4.62. The van der Waals surface area contributed by atoms with Crippen LogP contribution in [0.15, 0.2) is 0 Å². The normalized spacial score (nSPS) is 12.0. The summed E-state index contributed by atoms with van der Waals surface area (Å²) in [7, 11) is 8.26. The lowest BCUT2D eigenvalue weighted by molar-refractivity contribution is 0.131. The van der Waals surface area contributed by atoms with Gasteiger partial charge in [0.25, 0.3) is 0 Å². The van der Waals surface area contributed by atoms with E-state index in [4.69, 9.17) is 0 Å². The van der Waals surface area contributed by atoms with Gasteiger partial charge in [-0.25, -0.2) is 0 Å². The average Bonchev–Trinajstić information content (AvgIpc) is 1.64. The minimum Gasteiger partial charge on any atom is -0.294 e. The van der Waals surface area contributed by atoms with E-state index < -0.39 is 0 Å². The van der Waals surface area contributed by atoms with E-state index >= 15 is 0 Å². The van der Waals surface area contributed by atoms with Gasteiger partial charge in [0.1, 0.15) is 0 Å². The van der Waals surface area contributed by atoms with Gasteiger partial charge in [0, 0.05) is 0 Å². The van der Waals surface area contributed by atoms with Gasteiger partial charge < -0.3 is 0 Å². The fraction of sp³-hybridized carbons (Fsp3) is 0.857. The number of nitrogens with zero attached hydrogens (tertiary/aromatic N) is 2. The zero-order chi connectivity index (χ0) is 7.44. The number of hydrogen-bond acceptors (Lipinski definition) is 2. The first-order valence-corrected chi connectivity index (χ1v) is 3.21. The third kappa shape index (κ3) is 2.82. The zero-order valence-corrected chi connectivity index (χ0v) is 6.89. The molecule has 0 spiro atoms. The van der Waals surface area contributed by atoms with Crippen molar-refractivity contribution in [2.45, 2.75) is 12.6 Å². The topological polar surface area (TPSA) is 6.48 Å². The molecule has 0 aliphatic carbocycles. The molecule has 0 heterocycles. The van der Waals surface area contributed by atoms with Gasteiger partial charge in [-0.3, -0.25) is 9.80 Å². The highest BCUT2D eigenvalue weighted by Crippen LogP contribution is 1.99. The first kappa shape index (κ1) is 8.92. The number of rotatable bonds is 3. The Bertz CT molecular complexity index is 61.3. The van der Waals surface area contributed by atoms with Crippen LogP contribution in [0.2, 0.25) is 0 Å². The van der Waals surface area contributed by atoms with Gasteiger partial charge in [0.2, 0.25) is 0 Å². The summed E-state index contributed by atoms with van der Waals surface area (Å²) in [6, 6.07) is 0. The van der Waals surface area contributed by atoms with Gasteiger partial charge in [-0.2, -0.15) is 0 Å². The van der Waals surface area contributed by atoms with Crippen molar-refractivity contribution in [3.05, 3.63) is 6.92 Å². The van der Waals surface area contributed by atoms with E-state index in [1.807, 2.05) is 0 Å². The smallest absolute Gasteiger partial charge is 0.0612 e. The molecule has 0 amide bonds. The minimum absolute atomic E-state index is 0.477. The summed E-state index contributed by atoms with van der Waals surface area (Å²) < 4.78 is 0. The second-order valence-electron chi connectivity index (χ2n) is 2.70. The van der Waals surface area contributed by atoms with Crippen LogP contribution in [-0.4, -0.2) is 44.2 Å². The molecule has 0 aromatic rings. The summed E-state index contributed by atoms with van der Waals surface area (Å²) >= 11 is 0. The molecule has 1 radical (unpaired) electrons. The molecule has 0 aliphatic rings. The van der Waals surface area contributed by atoms with Crippen LogP contribution in [0.5, 0.6) is 0 Å². The Morgan fingerprint density at radius 3 is 1.44 bits per heavy atom. The molecule has 2 heteroatoms.